The van der Waals surface area contributed by atoms with Gasteiger partial charge in [-0.2, -0.15) is 8.42 Å². The van der Waals surface area contributed by atoms with E-state index in [2.05, 4.69) is 10.1 Å². The molecule has 0 aliphatic carbocycles. The molecule has 2 aromatic carbocycles. The van der Waals surface area contributed by atoms with Crippen LogP contribution in [0.3, 0.4) is 0 Å². The van der Waals surface area contributed by atoms with E-state index in [9.17, 15) is 18.0 Å². The molecule has 1 N–H and O–H groups in total. The van der Waals surface area contributed by atoms with E-state index in [1.807, 2.05) is 6.07 Å². The van der Waals surface area contributed by atoms with Crippen LogP contribution in [0, 0.1) is 0 Å². The Morgan fingerprint density at radius 3 is 2.19 bits per heavy atom. The van der Waals surface area contributed by atoms with Gasteiger partial charge in [-0.15, -0.1) is 0 Å². The summed E-state index contributed by atoms with van der Waals surface area (Å²) >= 11 is 0. The number of methoxy groups -OCH3 is 1. The highest BCUT2D eigenvalue weighted by molar-refractivity contribution is 7.86. The summed E-state index contributed by atoms with van der Waals surface area (Å²) in [6.45, 7) is -0.645. The Balaban J connectivity index is 1.94. The molecule has 0 saturated heterocycles. The smallest absolute Gasteiger partial charge is 0.408 e. The zero-order chi connectivity index (χ0) is 19.7. The van der Waals surface area contributed by atoms with Crippen LogP contribution >= 0.6 is 0 Å². The highest BCUT2D eigenvalue weighted by Crippen LogP contribution is 2.12. The van der Waals surface area contributed by atoms with Crippen LogP contribution in [0.1, 0.15) is 5.56 Å². The summed E-state index contributed by atoms with van der Waals surface area (Å²) in [6, 6.07) is 15.0. The van der Waals surface area contributed by atoms with Crippen LogP contribution in [0.2, 0.25) is 0 Å². The van der Waals surface area contributed by atoms with Crippen molar-refractivity contribution in [2.45, 2.75) is 17.5 Å². The molecule has 0 bridgehead atoms. The van der Waals surface area contributed by atoms with E-state index in [-0.39, 0.29) is 11.5 Å². The van der Waals surface area contributed by atoms with Crippen molar-refractivity contribution in [3.8, 4) is 0 Å². The van der Waals surface area contributed by atoms with Gasteiger partial charge in [0.15, 0.2) is 6.04 Å². The van der Waals surface area contributed by atoms with Crippen molar-refractivity contribution in [1.29, 1.82) is 0 Å². The molecule has 1 amide bonds. The molecule has 0 fully saturated rings. The van der Waals surface area contributed by atoms with Crippen molar-refractivity contribution in [3.05, 3.63) is 66.2 Å². The zero-order valence-corrected chi connectivity index (χ0v) is 15.3. The van der Waals surface area contributed by atoms with E-state index in [1.54, 1.807) is 30.3 Å². The van der Waals surface area contributed by atoms with E-state index >= 15 is 0 Å². The lowest BCUT2D eigenvalue weighted by Gasteiger charge is -2.16. The van der Waals surface area contributed by atoms with Gasteiger partial charge in [-0.1, -0.05) is 48.5 Å². The van der Waals surface area contributed by atoms with E-state index < -0.39 is 34.8 Å². The first-order valence-corrected chi connectivity index (χ1v) is 9.32. The SMILES string of the molecule is COC(=O)C(COS(=O)(=O)c1ccccc1)NC(=O)OCc1ccccc1. The largest absolute Gasteiger partial charge is 0.467 e. The number of hydrogen-bond acceptors (Lipinski definition) is 7. The third-order valence-corrected chi connectivity index (χ3v) is 4.71. The number of rotatable bonds is 8. The predicted octanol–water partition coefficient (Wildman–Crippen LogP) is 1.86. The molecule has 1 unspecified atom stereocenters. The number of carbonyl (C=O) groups excluding carboxylic acids is 2. The third kappa shape index (κ3) is 6.39. The maximum atomic E-state index is 12.1. The highest BCUT2D eigenvalue weighted by Gasteiger charge is 2.26. The minimum atomic E-state index is -4.09. The van der Waals surface area contributed by atoms with Gasteiger partial charge in [0.1, 0.15) is 6.61 Å². The molecule has 9 heteroatoms. The number of carbonyl (C=O) groups is 2. The number of nitrogens with one attached hydrogen (secondary N) is 1. The number of amides is 1. The molecule has 0 radical (unpaired) electrons. The summed E-state index contributed by atoms with van der Waals surface area (Å²) in [6.07, 6.45) is -0.907. The topological polar surface area (TPSA) is 108 Å². The van der Waals surface area contributed by atoms with E-state index in [0.29, 0.717) is 0 Å². The fourth-order valence-electron chi connectivity index (χ4n) is 2.03. The lowest BCUT2D eigenvalue weighted by molar-refractivity contribution is -0.143. The standard InChI is InChI=1S/C18H19NO7S/c1-24-17(20)16(13-26-27(22,23)15-10-6-3-7-11-15)19-18(21)25-12-14-8-4-2-5-9-14/h2-11,16H,12-13H2,1H3,(H,19,21). The Morgan fingerprint density at radius 2 is 1.59 bits per heavy atom. The van der Waals surface area contributed by atoms with Crippen molar-refractivity contribution < 1.29 is 31.7 Å². The first-order valence-electron chi connectivity index (χ1n) is 7.92. The van der Waals surface area contributed by atoms with E-state index in [1.165, 1.54) is 24.3 Å². The van der Waals surface area contributed by atoms with Crippen molar-refractivity contribution in [2.24, 2.45) is 0 Å². The molecule has 144 valence electrons. The van der Waals surface area contributed by atoms with Gasteiger partial charge in [-0.3, -0.25) is 4.18 Å². The second-order valence-corrected chi connectivity index (χ2v) is 6.95. The van der Waals surface area contributed by atoms with Crippen LogP contribution in [0.4, 0.5) is 4.79 Å². The molecule has 0 aromatic heterocycles. The van der Waals surface area contributed by atoms with Gasteiger partial charge in [0.25, 0.3) is 10.1 Å². The molecule has 0 spiro atoms. The van der Waals surface area contributed by atoms with Gasteiger partial charge in [0.05, 0.1) is 18.6 Å². The number of benzene rings is 2. The number of alkyl carbamates (subject to hydrolysis) is 1. The normalized spacial score (nSPS) is 12.0. The lowest BCUT2D eigenvalue weighted by Crippen LogP contribution is -2.45. The van der Waals surface area contributed by atoms with Crippen LogP contribution in [-0.2, 0) is 35.2 Å². The molecule has 0 saturated carbocycles. The van der Waals surface area contributed by atoms with Crippen LogP contribution < -0.4 is 5.32 Å². The van der Waals surface area contributed by atoms with Crippen LogP contribution in [0.25, 0.3) is 0 Å². The summed E-state index contributed by atoms with van der Waals surface area (Å²) in [4.78, 5) is 23.6. The van der Waals surface area contributed by atoms with Gasteiger partial charge in [0, 0.05) is 0 Å². The van der Waals surface area contributed by atoms with Crippen molar-refractivity contribution >= 4 is 22.2 Å². The Hall–Kier alpha value is -2.91. The summed E-state index contributed by atoms with van der Waals surface area (Å²) in [5.41, 5.74) is 0.755. The average Bonchev–Trinajstić information content (AvgIpc) is 2.70. The Morgan fingerprint density at radius 1 is 1.00 bits per heavy atom. The first-order chi connectivity index (χ1) is 12.9. The Bertz CT molecular complexity index is 854. The van der Waals surface area contributed by atoms with Gasteiger partial charge >= 0.3 is 12.1 Å². The Labute approximate surface area is 157 Å². The molecular formula is C18H19NO7S. The second kappa shape index (κ2) is 9.70. The first kappa shape index (κ1) is 20.4. The molecule has 0 aliphatic rings. The van der Waals surface area contributed by atoms with Crippen molar-refractivity contribution in [3.63, 3.8) is 0 Å². The highest BCUT2D eigenvalue weighted by atomic mass is 32.2. The fraction of sp³-hybridized carbons (Fsp3) is 0.222. The van der Waals surface area contributed by atoms with Gasteiger partial charge < -0.3 is 14.8 Å². The number of ether oxygens (including phenoxy) is 2. The van der Waals surface area contributed by atoms with Crippen LogP contribution in [-0.4, -0.2) is 40.2 Å². The molecule has 2 aromatic rings. The molecule has 8 nitrogen and oxygen atoms in total. The maximum Gasteiger partial charge on any atom is 0.408 e. The minimum absolute atomic E-state index is 0.0102. The van der Waals surface area contributed by atoms with Gasteiger partial charge in [0.2, 0.25) is 0 Å². The van der Waals surface area contributed by atoms with Gasteiger partial charge in [-0.05, 0) is 17.7 Å². The average molecular weight is 393 g/mol. The molecule has 0 heterocycles. The third-order valence-electron chi connectivity index (χ3n) is 3.41. The Kier molecular flexibility index (Phi) is 7.33. The number of hydrogen-bond donors (Lipinski definition) is 1. The molecule has 0 aliphatic heterocycles. The number of esters is 1. The monoisotopic (exact) mass is 393 g/mol. The predicted molar refractivity (Wildman–Crippen MR) is 95.1 cm³/mol. The minimum Gasteiger partial charge on any atom is -0.467 e. The lowest BCUT2D eigenvalue weighted by atomic mass is 10.2. The molecule has 2 rings (SSSR count). The summed E-state index contributed by atoms with van der Waals surface area (Å²) < 4.78 is 38.7. The summed E-state index contributed by atoms with van der Waals surface area (Å²) in [5.74, 6) is -0.866. The van der Waals surface area contributed by atoms with Crippen LogP contribution in [0.5, 0.6) is 0 Å². The van der Waals surface area contributed by atoms with E-state index in [4.69, 9.17) is 8.92 Å². The van der Waals surface area contributed by atoms with Gasteiger partial charge in [-0.25, -0.2) is 9.59 Å². The molecule has 1 atom stereocenters. The molecular weight excluding hydrogens is 374 g/mol. The summed E-state index contributed by atoms with van der Waals surface area (Å²) in [5, 5.41) is 2.24. The quantitative estimate of drug-likeness (QED) is 0.539. The van der Waals surface area contributed by atoms with Crippen molar-refractivity contribution in [1.82, 2.24) is 5.32 Å². The second-order valence-electron chi connectivity index (χ2n) is 5.33. The van der Waals surface area contributed by atoms with Crippen molar-refractivity contribution in [2.75, 3.05) is 13.7 Å². The van der Waals surface area contributed by atoms with E-state index in [0.717, 1.165) is 12.7 Å². The maximum absolute atomic E-state index is 12.1. The fourth-order valence-corrected chi connectivity index (χ4v) is 2.97. The summed E-state index contributed by atoms with van der Waals surface area (Å²) in [7, 11) is -2.98. The molecule has 27 heavy (non-hydrogen) atoms. The van der Waals surface area contributed by atoms with Crippen LogP contribution in [0.15, 0.2) is 65.6 Å². The zero-order valence-electron chi connectivity index (χ0n) is 14.5.